The second-order valence-corrected chi connectivity index (χ2v) is 9.61. The Balaban J connectivity index is 1.32. The van der Waals surface area contributed by atoms with Crippen molar-refractivity contribution in [1.29, 1.82) is 0 Å². The van der Waals surface area contributed by atoms with Crippen molar-refractivity contribution in [3.05, 3.63) is 71.3 Å². The van der Waals surface area contributed by atoms with E-state index >= 15 is 0 Å². The number of hydrogen-bond acceptors (Lipinski definition) is 3. The topological polar surface area (TPSA) is 46.8 Å². The predicted molar refractivity (Wildman–Crippen MR) is 126 cm³/mol. The second-order valence-electron chi connectivity index (χ2n) is 9.17. The molecule has 1 aromatic carbocycles. The van der Waals surface area contributed by atoms with Crippen molar-refractivity contribution in [2.45, 2.75) is 43.9 Å². The van der Waals surface area contributed by atoms with Gasteiger partial charge in [-0.25, -0.2) is 0 Å². The Labute approximate surface area is 194 Å². The highest BCUT2D eigenvalue weighted by Gasteiger charge is 2.44. The molecule has 2 aliphatic rings. The molecule has 0 bridgehead atoms. The van der Waals surface area contributed by atoms with Gasteiger partial charge in [0.15, 0.2) is 0 Å². The molecule has 5 rings (SSSR count). The molecule has 2 fully saturated rings. The first-order valence-corrected chi connectivity index (χ1v) is 12.1. The fourth-order valence-corrected chi connectivity index (χ4v) is 5.58. The number of ether oxygens (including phenoxy) is 1. The van der Waals surface area contributed by atoms with Crippen LogP contribution in [0.5, 0.6) is 0 Å². The lowest BCUT2D eigenvalue weighted by Gasteiger charge is -2.40. The second kappa shape index (κ2) is 9.24. The Morgan fingerprint density at radius 1 is 1.09 bits per heavy atom. The Hall–Kier alpha value is -2.37. The number of halogens is 1. The average molecular weight is 452 g/mol. The summed E-state index contributed by atoms with van der Waals surface area (Å²) in [5, 5.41) is 0.702. The van der Waals surface area contributed by atoms with Crippen LogP contribution in [0, 0.1) is 5.92 Å². The Morgan fingerprint density at radius 2 is 1.91 bits per heavy atom. The molecule has 168 valence electrons. The van der Waals surface area contributed by atoms with Crippen LogP contribution in [0.1, 0.15) is 43.4 Å². The summed E-state index contributed by atoms with van der Waals surface area (Å²) in [6.45, 7) is 2.88. The molecule has 2 aliphatic heterocycles. The maximum Gasteiger partial charge on any atom is 0.233 e. The molecule has 2 aromatic heterocycles. The van der Waals surface area contributed by atoms with Gasteiger partial charge < -0.3 is 14.0 Å². The lowest BCUT2D eigenvalue weighted by molar-refractivity contribution is -0.141. The molecule has 5 nitrogen and oxygen atoms in total. The maximum absolute atomic E-state index is 13.9. The Kier molecular flexibility index (Phi) is 6.20. The summed E-state index contributed by atoms with van der Waals surface area (Å²) in [7, 11) is 0. The van der Waals surface area contributed by atoms with Crippen molar-refractivity contribution in [2.75, 3.05) is 26.3 Å². The van der Waals surface area contributed by atoms with Crippen LogP contribution in [-0.4, -0.2) is 46.5 Å². The van der Waals surface area contributed by atoms with Crippen molar-refractivity contribution < 1.29 is 9.53 Å². The summed E-state index contributed by atoms with van der Waals surface area (Å²) >= 11 is 6.13. The number of carbonyl (C=O) groups excluding carboxylic acids is 1. The molecular weight excluding hydrogens is 422 g/mol. The summed E-state index contributed by atoms with van der Waals surface area (Å²) < 4.78 is 7.77. The van der Waals surface area contributed by atoms with Gasteiger partial charge in [0.1, 0.15) is 0 Å². The lowest BCUT2D eigenvalue weighted by atomic mass is 9.73. The number of nitrogens with zero attached hydrogens (tertiary/aromatic N) is 3. The predicted octanol–water partition coefficient (Wildman–Crippen LogP) is 4.91. The van der Waals surface area contributed by atoms with Crippen LogP contribution in [0.3, 0.4) is 0 Å². The highest BCUT2D eigenvalue weighted by molar-refractivity contribution is 6.30. The number of carbonyl (C=O) groups is 1. The molecule has 1 unspecified atom stereocenters. The zero-order valence-electron chi connectivity index (χ0n) is 18.4. The number of fused-ring (bicyclic) bond motifs is 1. The van der Waals surface area contributed by atoms with Gasteiger partial charge in [0.05, 0.1) is 16.6 Å². The number of hydrogen-bond donors (Lipinski definition) is 0. The highest BCUT2D eigenvalue weighted by atomic mass is 35.5. The van der Waals surface area contributed by atoms with Gasteiger partial charge in [-0.1, -0.05) is 23.7 Å². The Morgan fingerprint density at radius 3 is 2.72 bits per heavy atom. The van der Waals surface area contributed by atoms with Gasteiger partial charge >= 0.3 is 0 Å². The lowest BCUT2D eigenvalue weighted by Crippen LogP contribution is -2.50. The minimum Gasteiger partial charge on any atom is -0.381 e. The number of aromatic nitrogens is 2. The first kappa shape index (κ1) is 21.5. The summed E-state index contributed by atoms with van der Waals surface area (Å²) in [5.74, 6) is 0.804. The molecule has 0 N–H and O–H groups in total. The van der Waals surface area contributed by atoms with Crippen molar-refractivity contribution in [1.82, 2.24) is 14.3 Å². The number of rotatable bonds is 4. The first-order valence-electron chi connectivity index (χ1n) is 11.7. The van der Waals surface area contributed by atoms with E-state index in [1.165, 1.54) is 5.52 Å². The van der Waals surface area contributed by atoms with E-state index in [2.05, 4.69) is 32.6 Å². The molecule has 0 radical (unpaired) electrons. The third-order valence-corrected chi connectivity index (χ3v) is 7.55. The van der Waals surface area contributed by atoms with E-state index in [9.17, 15) is 4.79 Å². The molecule has 32 heavy (non-hydrogen) atoms. The molecule has 4 heterocycles. The SMILES string of the molecule is O=C(N1CCCC(Cc2nccn3cccc23)CC1)C1(c2ccc(Cl)cc2)CCOCC1. The van der Waals surface area contributed by atoms with E-state index < -0.39 is 5.41 Å². The maximum atomic E-state index is 13.9. The monoisotopic (exact) mass is 451 g/mol. The Bertz CT molecular complexity index is 1070. The number of amides is 1. The molecule has 1 atom stereocenters. The van der Waals surface area contributed by atoms with Crippen LogP contribution < -0.4 is 0 Å². The van der Waals surface area contributed by atoms with Crippen LogP contribution in [0.25, 0.3) is 5.52 Å². The van der Waals surface area contributed by atoms with Crippen LogP contribution in [0.15, 0.2) is 55.0 Å². The summed E-state index contributed by atoms with van der Waals surface area (Å²) in [6.07, 6.45) is 11.6. The molecule has 0 spiro atoms. The van der Waals surface area contributed by atoms with Crippen molar-refractivity contribution in [3.8, 4) is 0 Å². The van der Waals surface area contributed by atoms with Gasteiger partial charge in [-0.05, 0) is 74.3 Å². The quantitative estimate of drug-likeness (QED) is 0.566. The summed E-state index contributed by atoms with van der Waals surface area (Å²) in [6, 6.07) is 12.0. The zero-order valence-corrected chi connectivity index (χ0v) is 19.1. The van der Waals surface area contributed by atoms with E-state index in [1.54, 1.807) is 0 Å². The van der Waals surface area contributed by atoms with Crippen molar-refractivity contribution in [2.24, 2.45) is 5.92 Å². The van der Waals surface area contributed by atoms with Crippen LogP contribution in [0.2, 0.25) is 5.02 Å². The average Bonchev–Trinajstić information content (AvgIpc) is 3.20. The molecule has 0 saturated carbocycles. The molecule has 0 aliphatic carbocycles. The molecule has 2 saturated heterocycles. The zero-order chi connectivity index (χ0) is 22.0. The van der Waals surface area contributed by atoms with Gasteiger partial charge in [-0.2, -0.15) is 0 Å². The molecule has 3 aromatic rings. The normalized spacial score (nSPS) is 21.4. The standard InChI is InChI=1S/C26H30ClN3O2/c27-22-7-5-21(6-8-22)26(10-17-32-18-11-26)25(31)30-14-1-3-20(9-15-30)19-23-24-4-2-13-29(24)16-12-28-23/h2,4-8,12-13,16,20H,1,3,9-11,14-15,17-19H2. The third kappa shape index (κ3) is 4.16. The smallest absolute Gasteiger partial charge is 0.233 e. The van der Waals surface area contributed by atoms with Crippen molar-refractivity contribution in [3.63, 3.8) is 0 Å². The number of likely N-dealkylation sites (tertiary alicyclic amines) is 1. The first-order chi connectivity index (χ1) is 15.7. The van der Waals surface area contributed by atoms with E-state index in [-0.39, 0.29) is 5.91 Å². The minimum absolute atomic E-state index is 0.260. The summed E-state index contributed by atoms with van der Waals surface area (Å²) in [4.78, 5) is 20.7. The number of benzene rings is 1. The van der Waals surface area contributed by atoms with Gasteiger partial charge in [-0.15, -0.1) is 0 Å². The highest BCUT2D eigenvalue weighted by Crippen LogP contribution is 2.38. The third-order valence-electron chi connectivity index (χ3n) is 7.30. The fourth-order valence-electron chi connectivity index (χ4n) is 5.45. The van der Waals surface area contributed by atoms with Crippen molar-refractivity contribution >= 4 is 23.0 Å². The van der Waals surface area contributed by atoms with Gasteiger partial charge in [0, 0.05) is 49.9 Å². The fraction of sp³-hybridized carbons (Fsp3) is 0.462. The van der Waals surface area contributed by atoms with E-state index in [4.69, 9.17) is 16.3 Å². The molecular formula is C26H30ClN3O2. The van der Waals surface area contributed by atoms with E-state index in [0.717, 1.165) is 62.9 Å². The van der Waals surface area contributed by atoms with E-state index in [0.29, 0.717) is 24.2 Å². The summed E-state index contributed by atoms with van der Waals surface area (Å²) in [5.41, 5.74) is 2.92. The van der Waals surface area contributed by atoms with Crippen LogP contribution in [0.4, 0.5) is 0 Å². The van der Waals surface area contributed by atoms with E-state index in [1.807, 2.05) is 36.7 Å². The largest absolute Gasteiger partial charge is 0.381 e. The van der Waals surface area contributed by atoms with Gasteiger partial charge in [0.25, 0.3) is 0 Å². The van der Waals surface area contributed by atoms with Crippen LogP contribution >= 0.6 is 11.6 Å². The van der Waals surface area contributed by atoms with Crippen LogP contribution in [-0.2, 0) is 21.4 Å². The molecule has 6 heteroatoms. The minimum atomic E-state index is -0.498. The molecule has 1 amide bonds. The van der Waals surface area contributed by atoms with Gasteiger partial charge in [-0.3, -0.25) is 9.78 Å². The van der Waals surface area contributed by atoms with Gasteiger partial charge in [0.2, 0.25) is 5.91 Å².